The molecule has 0 aromatic carbocycles. The van der Waals surface area contributed by atoms with Gasteiger partial charge in [-0.25, -0.2) is 0 Å². The SMILES string of the molecule is C=C[C@H]1OC[C@H](OC)[C@H]1OC. The molecule has 11 heavy (non-hydrogen) atoms. The van der Waals surface area contributed by atoms with E-state index in [-0.39, 0.29) is 18.3 Å². The van der Waals surface area contributed by atoms with E-state index < -0.39 is 0 Å². The van der Waals surface area contributed by atoms with Crippen LogP contribution < -0.4 is 0 Å². The first-order valence-corrected chi connectivity index (χ1v) is 3.63. The highest BCUT2D eigenvalue weighted by molar-refractivity contribution is 4.95. The average Bonchev–Trinajstić information content (AvgIpc) is 2.45. The lowest BCUT2D eigenvalue weighted by atomic mass is 10.1. The third-order valence-electron chi connectivity index (χ3n) is 1.95. The van der Waals surface area contributed by atoms with Crippen LogP contribution in [-0.2, 0) is 14.2 Å². The molecular weight excluding hydrogens is 144 g/mol. The second-order valence-corrected chi connectivity index (χ2v) is 2.51. The molecule has 0 radical (unpaired) electrons. The van der Waals surface area contributed by atoms with Gasteiger partial charge in [0.25, 0.3) is 0 Å². The molecule has 0 aromatic heterocycles. The summed E-state index contributed by atoms with van der Waals surface area (Å²) in [4.78, 5) is 0. The summed E-state index contributed by atoms with van der Waals surface area (Å²) in [5, 5.41) is 0. The fourth-order valence-electron chi connectivity index (χ4n) is 1.30. The lowest BCUT2D eigenvalue weighted by Crippen LogP contribution is -2.32. The zero-order valence-electron chi connectivity index (χ0n) is 6.95. The van der Waals surface area contributed by atoms with E-state index in [1.807, 2.05) is 0 Å². The molecular formula is C8H14O3. The fourth-order valence-corrected chi connectivity index (χ4v) is 1.30. The van der Waals surface area contributed by atoms with Gasteiger partial charge in [-0.3, -0.25) is 0 Å². The van der Waals surface area contributed by atoms with Crippen LogP contribution in [0.15, 0.2) is 12.7 Å². The number of hydrogen-bond donors (Lipinski definition) is 0. The molecule has 64 valence electrons. The van der Waals surface area contributed by atoms with Crippen molar-refractivity contribution in [3.8, 4) is 0 Å². The smallest absolute Gasteiger partial charge is 0.115 e. The van der Waals surface area contributed by atoms with Crippen LogP contribution in [0.4, 0.5) is 0 Å². The normalized spacial score (nSPS) is 37.5. The molecule has 0 N–H and O–H groups in total. The Bertz CT molecular complexity index is 135. The van der Waals surface area contributed by atoms with Crippen LogP contribution in [-0.4, -0.2) is 39.1 Å². The Morgan fingerprint density at radius 1 is 1.45 bits per heavy atom. The van der Waals surface area contributed by atoms with Crippen molar-refractivity contribution in [3.63, 3.8) is 0 Å². The number of ether oxygens (including phenoxy) is 3. The number of methoxy groups -OCH3 is 2. The first-order valence-electron chi connectivity index (χ1n) is 3.63. The van der Waals surface area contributed by atoms with Crippen LogP contribution in [0.3, 0.4) is 0 Å². The van der Waals surface area contributed by atoms with E-state index in [0.29, 0.717) is 6.61 Å². The predicted molar refractivity (Wildman–Crippen MR) is 41.5 cm³/mol. The Hall–Kier alpha value is -0.380. The minimum absolute atomic E-state index is 0.00231. The molecule has 0 aliphatic carbocycles. The van der Waals surface area contributed by atoms with Crippen molar-refractivity contribution >= 4 is 0 Å². The van der Waals surface area contributed by atoms with E-state index in [2.05, 4.69) is 6.58 Å². The van der Waals surface area contributed by atoms with Gasteiger partial charge in [0.1, 0.15) is 18.3 Å². The number of rotatable bonds is 3. The molecule has 1 rings (SSSR count). The molecule has 1 saturated heterocycles. The Labute approximate surface area is 66.9 Å². The zero-order valence-corrected chi connectivity index (χ0v) is 6.95. The van der Waals surface area contributed by atoms with Crippen molar-refractivity contribution in [2.75, 3.05) is 20.8 Å². The van der Waals surface area contributed by atoms with E-state index in [4.69, 9.17) is 14.2 Å². The molecule has 0 saturated carbocycles. The van der Waals surface area contributed by atoms with Crippen molar-refractivity contribution in [1.29, 1.82) is 0 Å². The molecule has 0 spiro atoms. The van der Waals surface area contributed by atoms with Crippen LogP contribution >= 0.6 is 0 Å². The van der Waals surface area contributed by atoms with Crippen LogP contribution in [0.25, 0.3) is 0 Å². The van der Waals surface area contributed by atoms with Gasteiger partial charge in [-0.1, -0.05) is 6.08 Å². The van der Waals surface area contributed by atoms with Crippen LogP contribution in [0.5, 0.6) is 0 Å². The summed E-state index contributed by atoms with van der Waals surface area (Å²) >= 11 is 0. The first kappa shape index (κ1) is 8.71. The maximum absolute atomic E-state index is 5.34. The minimum atomic E-state index is -0.0232. The van der Waals surface area contributed by atoms with E-state index in [1.165, 1.54) is 0 Å². The van der Waals surface area contributed by atoms with Gasteiger partial charge < -0.3 is 14.2 Å². The average molecular weight is 158 g/mol. The van der Waals surface area contributed by atoms with Crippen LogP contribution in [0.2, 0.25) is 0 Å². The molecule has 3 nitrogen and oxygen atoms in total. The predicted octanol–water partition coefficient (Wildman–Crippen LogP) is 0.601. The van der Waals surface area contributed by atoms with E-state index >= 15 is 0 Å². The third-order valence-corrected chi connectivity index (χ3v) is 1.95. The molecule has 0 bridgehead atoms. The maximum Gasteiger partial charge on any atom is 0.115 e. The molecule has 0 aromatic rings. The summed E-state index contributed by atoms with van der Waals surface area (Å²) in [7, 11) is 3.31. The second kappa shape index (κ2) is 3.85. The Balaban J connectivity index is 2.54. The van der Waals surface area contributed by atoms with Gasteiger partial charge in [0.2, 0.25) is 0 Å². The lowest BCUT2D eigenvalue weighted by molar-refractivity contribution is -0.0145. The van der Waals surface area contributed by atoms with Crippen molar-refractivity contribution in [3.05, 3.63) is 12.7 Å². The summed E-state index contributed by atoms with van der Waals surface area (Å²) in [5.41, 5.74) is 0. The molecule has 1 aliphatic rings. The van der Waals surface area contributed by atoms with Crippen molar-refractivity contribution < 1.29 is 14.2 Å². The summed E-state index contributed by atoms with van der Waals surface area (Å²) in [6, 6.07) is 0. The number of hydrogen-bond acceptors (Lipinski definition) is 3. The van der Waals surface area contributed by atoms with Crippen molar-refractivity contribution in [2.45, 2.75) is 18.3 Å². The van der Waals surface area contributed by atoms with Crippen LogP contribution in [0.1, 0.15) is 0 Å². The molecule has 0 amide bonds. The first-order chi connectivity index (χ1) is 5.33. The van der Waals surface area contributed by atoms with Gasteiger partial charge >= 0.3 is 0 Å². The Morgan fingerprint density at radius 2 is 2.18 bits per heavy atom. The lowest BCUT2D eigenvalue weighted by Gasteiger charge is -2.17. The topological polar surface area (TPSA) is 27.7 Å². The van der Waals surface area contributed by atoms with Gasteiger partial charge in [-0.15, -0.1) is 6.58 Å². The maximum atomic E-state index is 5.34. The van der Waals surface area contributed by atoms with Gasteiger partial charge in [0.15, 0.2) is 0 Å². The van der Waals surface area contributed by atoms with Crippen LogP contribution in [0, 0.1) is 0 Å². The summed E-state index contributed by atoms with van der Waals surface area (Å²) < 4.78 is 15.7. The standard InChI is InChI=1S/C8H14O3/c1-4-6-8(10-3)7(9-2)5-11-6/h4,6-8H,1,5H2,2-3H3/t6-,7+,8+/m1/s1. The van der Waals surface area contributed by atoms with Crippen molar-refractivity contribution in [2.24, 2.45) is 0 Å². The van der Waals surface area contributed by atoms with E-state index in [1.54, 1.807) is 20.3 Å². The highest BCUT2D eigenvalue weighted by Crippen LogP contribution is 2.19. The minimum Gasteiger partial charge on any atom is -0.376 e. The largest absolute Gasteiger partial charge is 0.376 e. The Kier molecular flexibility index (Phi) is 3.05. The van der Waals surface area contributed by atoms with Crippen molar-refractivity contribution in [1.82, 2.24) is 0 Å². The molecule has 3 heteroatoms. The molecule has 1 aliphatic heterocycles. The Morgan fingerprint density at radius 3 is 2.64 bits per heavy atom. The zero-order chi connectivity index (χ0) is 8.27. The highest BCUT2D eigenvalue weighted by Gasteiger charge is 2.35. The van der Waals surface area contributed by atoms with Gasteiger partial charge in [0, 0.05) is 14.2 Å². The van der Waals surface area contributed by atoms with Gasteiger partial charge in [-0.05, 0) is 0 Å². The fraction of sp³-hybridized carbons (Fsp3) is 0.750. The summed E-state index contributed by atoms with van der Waals surface area (Å²) in [5.74, 6) is 0. The molecule has 1 fully saturated rings. The van der Waals surface area contributed by atoms with E-state index in [9.17, 15) is 0 Å². The summed E-state index contributed by atoms with van der Waals surface area (Å²) in [6.07, 6.45) is 1.76. The molecule has 3 atom stereocenters. The summed E-state index contributed by atoms with van der Waals surface area (Å²) in [6.45, 7) is 4.24. The molecule has 0 unspecified atom stereocenters. The molecule has 1 heterocycles. The monoisotopic (exact) mass is 158 g/mol. The quantitative estimate of drug-likeness (QED) is 0.563. The third kappa shape index (κ3) is 1.61. The second-order valence-electron chi connectivity index (χ2n) is 2.51. The van der Waals surface area contributed by atoms with Gasteiger partial charge in [0.05, 0.1) is 6.61 Å². The van der Waals surface area contributed by atoms with Gasteiger partial charge in [-0.2, -0.15) is 0 Å². The van der Waals surface area contributed by atoms with E-state index in [0.717, 1.165) is 0 Å². The highest BCUT2D eigenvalue weighted by atomic mass is 16.6.